The largest absolute Gasteiger partial charge is 0.454 e. The monoisotopic (exact) mass is 404 g/mol. The van der Waals surface area contributed by atoms with E-state index in [1.165, 1.54) is 5.56 Å². The molecule has 0 amide bonds. The van der Waals surface area contributed by atoms with Crippen LogP contribution in [0.2, 0.25) is 0 Å². The third-order valence-corrected chi connectivity index (χ3v) is 4.83. The summed E-state index contributed by atoms with van der Waals surface area (Å²) in [5.41, 5.74) is 5.24. The molecule has 6 heteroatoms. The number of oxime groups is 1. The summed E-state index contributed by atoms with van der Waals surface area (Å²) in [4.78, 5) is 21.7. The van der Waals surface area contributed by atoms with Gasteiger partial charge >= 0.3 is 5.97 Å². The highest BCUT2D eigenvalue weighted by Crippen LogP contribution is 2.37. The SMILES string of the molecule is CON=C1CCc2cc(-c3oc(C(=O)OC(C)(C)C)cc3-c3ccncc3)ccc21. The Kier molecular flexibility index (Phi) is 5.16. The van der Waals surface area contributed by atoms with Crippen molar-refractivity contribution in [3.8, 4) is 22.5 Å². The summed E-state index contributed by atoms with van der Waals surface area (Å²) in [6.07, 6.45) is 5.16. The lowest BCUT2D eigenvalue weighted by Gasteiger charge is -2.18. The Bertz CT molecular complexity index is 1110. The molecule has 0 N–H and O–H groups in total. The van der Waals surface area contributed by atoms with E-state index in [9.17, 15) is 4.79 Å². The smallest absolute Gasteiger partial charge is 0.374 e. The van der Waals surface area contributed by atoms with Crippen molar-refractivity contribution < 1.29 is 18.8 Å². The second kappa shape index (κ2) is 7.78. The topological polar surface area (TPSA) is 73.9 Å². The van der Waals surface area contributed by atoms with Crippen molar-refractivity contribution in [3.63, 3.8) is 0 Å². The normalized spacial score (nSPS) is 14.6. The molecule has 154 valence electrons. The maximum atomic E-state index is 12.6. The summed E-state index contributed by atoms with van der Waals surface area (Å²) < 4.78 is 11.6. The molecule has 0 atom stereocenters. The maximum Gasteiger partial charge on any atom is 0.374 e. The van der Waals surface area contributed by atoms with Crippen molar-refractivity contribution in [2.75, 3.05) is 7.11 Å². The molecule has 0 saturated carbocycles. The fraction of sp³-hybridized carbons (Fsp3) is 0.292. The molecule has 0 radical (unpaired) electrons. The summed E-state index contributed by atoms with van der Waals surface area (Å²) in [5.74, 6) is 0.315. The van der Waals surface area contributed by atoms with Gasteiger partial charge in [0.2, 0.25) is 5.76 Å². The number of nitrogens with zero attached hydrogens (tertiary/aromatic N) is 2. The van der Waals surface area contributed by atoms with Gasteiger partial charge in [0, 0.05) is 29.1 Å². The number of rotatable bonds is 4. The fourth-order valence-corrected chi connectivity index (χ4v) is 3.60. The van der Waals surface area contributed by atoms with Crippen LogP contribution < -0.4 is 0 Å². The Hall–Kier alpha value is -3.41. The van der Waals surface area contributed by atoms with Crippen LogP contribution in [0.15, 0.2) is 58.4 Å². The van der Waals surface area contributed by atoms with Crippen LogP contribution in [0.25, 0.3) is 22.5 Å². The number of carbonyl (C=O) groups excluding carboxylic acids is 1. The molecular weight excluding hydrogens is 380 g/mol. The molecule has 6 nitrogen and oxygen atoms in total. The van der Waals surface area contributed by atoms with E-state index in [0.29, 0.717) is 5.76 Å². The first-order valence-electron chi connectivity index (χ1n) is 9.87. The van der Waals surface area contributed by atoms with E-state index in [4.69, 9.17) is 14.0 Å². The van der Waals surface area contributed by atoms with E-state index < -0.39 is 11.6 Å². The molecule has 2 aromatic heterocycles. The molecule has 1 aliphatic carbocycles. The van der Waals surface area contributed by atoms with Gasteiger partial charge in [-0.15, -0.1) is 0 Å². The zero-order valence-corrected chi connectivity index (χ0v) is 17.6. The molecule has 1 aliphatic rings. The Morgan fingerprint density at radius 1 is 1.03 bits per heavy atom. The van der Waals surface area contributed by atoms with Gasteiger partial charge in [-0.1, -0.05) is 17.3 Å². The standard InChI is InChI=1S/C24H24N2O4/c1-24(2,3)30-23(27)21-14-19(15-9-11-25-12-10-15)22(29-21)17-5-7-18-16(13-17)6-8-20(18)26-28-4/h5,7,9-14H,6,8H2,1-4H3. The second-order valence-corrected chi connectivity index (χ2v) is 8.18. The van der Waals surface area contributed by atoms with Crippen LogP contribution in [0.5, 0.6) is 0 Å². The van der Waals surface area contributed by atoms with Crippen LogP contribution in [0.3, 0.4) is 0 Å². The molecule has 0 saturated heterocycles. The van der Waals surface area contributed by atoms with Gasteiger partial charge < -0.3 is 14.0 Å². The van der Waals surface area contributed by atoms with Crippen LogP contribution >= 0.6 is 0 Å². The number of furan rings is 1. The molecule has 0 spiro atoms. The van der Waals surface area contributed by atoms with Gasteiger partial charge in [-0.2, -0.15) is 0 Å². The molecule has 0 bridgehead atoms. The summed E-state index contributed by atoms with van der Waals surface area (Å²) >= 11 is 0. The van der Waals surface area contributed by atoms with Gasteiger partial charge in [0.05, 0.1) is 5.71 Å². The highest BCUT2D eigenvalue weighted by atomic mass is 16.6. The van der Waals surface area contributed by atoms with Gasteiger partial charge in [0.25, 0.3) is 0 Å². The number of hydrogen-bond acceptors (Lipinski definition) is 6. The number of aryl methyl sites for hydroxylation is 1. The minimum atomic E-state index is -0.606. The molecule has 0 unspecified atom stereocenters. The van der Waals surface area contributed by atoms with E-state index >= 15 is 0 Å². The van der Waals surface area contributed by atoms with Gasteiger partial charge in [-0.05, 0) is 69.0 Å². The minimum absolute atomic E-state index is 0.175. The number of esters is 1. The molecular formula is C24H24N2O4. The van der Waals surface area contributed by atoms with E-state index in [1.807, 2.05) is 45.0 Å². The fourth-order valence-electron chi connectivity index (χ4n) is 3.60. The molecule has 0 aliphatic heterocycles. The average Bonchev–Trinajstić information content (AvgIpc) is 3.32. The molecule has 2 heterocycles. The van der Waals surface area contributed by atoms with E-state index in [0.717, 1.165) is 40.8 Å². The van der Waals surface area contributed by atoms with Crippen LogP contribution in [0.1, 0.15) is 48.9 Å². The van der Waals surface area contributed by atoms with Gasteiger partial charge in [0.15, 0.2) is 0 Å². The lowest BCUT2D eigenvalue weighted by molar-refractivity contribution is 0.00368. The summed E-state index contributed by atoms with van der Waals surface area (Å²) in [6.45, 7) is 5.49. The van der Waals surface area contributed by atoms with Gasteiger partial charge in [0.1, 0.15) is 18.5 Å². The van der Waals surface area contributed by atoms with Crippen molar-refractivity contribution >= 4 is 11.7 Å². The molecule has 30 heavy (non-hydrogen) atoms. The van der Waals surface area contributed by atoms with Gasteiger partial charge in [-0.3, -0.25) is 4.98 Å². The van der Waals surface area contributed by atoms with Crippen molar-refractivity contribution in [1.82, 2.24) is 4.98 Å². The minimum Gasteiger partial charge on any atom is -0.454 e. The number of fused-ring (bicyclic) bond motifs is 1. The lowest BCUT2D eigenvalue weighted by atomic mass is 9.99. The third-order valence-electron chi connectivity index (χ3n) is 4.83. The Morgan fingerprint density at radius 2 is 1.80 bits per heavy atom. The average molecular weight is 404 g/mol. The first kappa shape index (κ1) is 19.9. The number of aromatic nitrogens is 1. The predicted molar refractivity (Wildman–Crippen MR) is 114 cm³/mol. The van der Waals surface area contributed by atoms with E-state index in [1.54, 1.807) is 25.6 Å². The molecule has 3 aromatic rings. The third kappa shape index (κ3) is 3.99. The first-order chi connectivity index (χ1) is 14.4. The van der Waals surface area contributed by atoms with Crippen LogP contribution in [-0.2, 0) is 16.0 Å². The Balaban J connectivity index is 1.79. The molecule has 4 rings (SSSR count). The van der Waals surface area contributed by atoms with Crippen LogP contribution in [0, 0.1) is 0 Å². The van der Waals surface area contributed by atoms with Crippen molar-refractivity contribution in [1.29, 1.82) is 0 Å². The Labute approximate surface area is 175 Å². The quantitative estimate of drug-likeness (QED) is 0.438. The maximum absolute atomic E-state index is 12.6. The zero-order chi connectivity index (χ0) is 21.3. The number of pyridine rings is 1. The number of ether oxygens (including phenoxy) is 1. The Morgan fingerprint density at radius 3 is 2.50 bits per heavy atom. The summed E-state index contributed by atoms with van der Waals surface area (Å²) in [7, 11) is 1.56. The zero-order valence-electron chi connectivity index (χ0n) is 17.6. The second-order valence-electron chi connectivity index (χ2n) is 8.18. The van der Waals surface area contributed by atoms with Crippen molar-refractivity contribution in [2.24, 2.45) is 5.16 Å². The van der Waals surface area contributed by atoms with E-state index in [-0.39, 0.29) is 5.76 Å². The summed E-state index contributed by atoms with van der Waals surface area (Å²) in [5, 5.41) is 4.12. The first-order valence-corrected chi connectivity index (χ1v) is 9.87. The van der Waals surface area contributed by atoms with Crippen LogP contribution in [-0.4, -0.2) is 29.4 Å². The summed E-state index contributed by atoms with van der Waals surface area (Å²) in [6, 6.07) is 11.6. The van der Waals surface area contributed by atoms with Crippen molar-refractivity contribution in [3.05, 3.63) is 65.7 Å². The molecule has 1 aromatic carbocycles. The number of hydrogen-bond donors (Lipinski definition) is 0. The number of benzene rings is 1. The highest BCUT2D eigenvalue weighted by Gasteiger charge is 2.25. The highest BCUT2D eigenvalue weighted by molar-refractivity contribution is 6.04. The lowest BCUT2D eigenvalue weighted by Crippen LogP contribution is -2.23. The van der Waals surface area contributed by atoms with Crippen LogP contribution in [0.4, 0.5) is 0 Å². The molecule has 0 fully saturated rings. The predicted octanol–water partition coefficient (Wildman–Crippen LogP) is 5.26. The van der Waals surface area contributed by atoms with E-state index in [2.05, 4.69) is 16.2 Å². The van der Waals surface area contributed by atoms with Crippen molar-refractivity contribution in [2.45, 2.75) is 39.2 Å². The number of carbonyl (C=O) groups is 1. The van der Waals surface area contributed by atoms with Gasteiger partial charge in [-0.25, -0.2) is 4.79 Å².